The highest BCUT2D eigenvalue weighted by molar-refractivity contribution is 6.35. The van der Waals surface area contributed by atoms with Crippen LogP contribution in [0, 0.1) is 0 Å². The summed E-state index contributed by atoms with van der Waals surface area (Å²) in [5.41, 5.74) is 1.73. The van der Waals surface area contributed by atoms with E-state index in [4.69, 9.17) is 32.7 Å². The van der Waals surface area contributed by atoms with E-state index in [-0.39, 0.29) is 0 Å². The summed E-state index contributed by atoms with van der Waals surface area (Å²) in [6.07, 6.45) is 0. The van der Waals surface area contributed by atoms with Crippen LogP contribution in [-0.2, 0) is 4.79 Å². The Morgan fingerprint density at radius 2 is 1.86 bits per heavy atom. The number of anilines is 1. The third-order valence-electron chi connectivity index (χ3n) is 4.44. The number of benzene rings is 2. The SMILES string of the molecule is COc1ccc(NC(=O)C2=C(C)NC(=O)NC2c2ccc(Cl)cc2Cl)c(OC)c1. The molecular weight excluding hydrogens is 417 g/mol. The fourth-order valence-electron chi connectivity index (χ4n) is 3.06. The molecule has 0 aliphatic carbocycles. The number of ether oxygens (including phenoxy) is 2. The van der Waals surface area contributed by atoms with Crippen LogP contribution >= 0.6 is 23.2 Å². The molecule has 1 atom stereocenters. The molecule has 0 spiro atoms. The third-order valence-corrected chi connectivity index (χ3v) is 5.01. The lowest BCUT2D eigenvalue weighted by Crippen LogP contribution is -2.46. The molecule has 152 valence electrons. The second kappa shape index (κ2) is 8.63. The summed E-state index contributed by atoms with van der Waals surface area (Å²) in [5, 5.41) is 8.97. The highest BCUT2D eigenvalue weighted by atomic mass is 35.5. The van der Waals surface area contributed by atoms with Gasteiger partial charge < -0.3 is 25.4 Å². The molecule has 1 unspecified atom stereocenters. The van der Waals surface area contributed by atoms with Gasteiger partial charge in [0.2, 0.25) is 0 Å². The molecule has 0 fully saturated rings. The second-order valence-corrected chi connectivity index (χ2v) is 7.10. The maximum Gasteiger partial charge on any atom is 0.319 e. The Kier molecular flexibility index (Phi) is 6.20. The van der Waals surface area contributed by atoms with Gasteiger partial charge in [-0.15, -0.1) is 0 Å². The number of amides is 3. The Morgan fingerprint density at radius 3 is 2.52 bits per heavy atom. The summed E-state index contributed by atoms with van der Waals surface area (Å²) in [4.78, 5) is 25.2. The molecule has 1 heterocycles. The quantitative estimate of drug-likeness (QED) is 0.653. The van der Waals surface area contributed by atoms with Gasteiger partial charge in [-0.1, -0.05) is 29.3 Å². The molecular formula is C20H19Cl2N3O4. The predicted molar refractivity (Wildman–Crippen MR) is 112 cm³/mol. The van der Waals surface area contributed by atoms with Crippen LogP contribution in [0.3, 0.4) is 0 Å². The molecule has 1 aliphatic heterocycles. The predicted octanol–water partition coefficient (Wildman–Crippen LogP) is 4.28. The van der Waals surface area contributed by atoms with E-state index >= 15 is 0 Å². The van der Waals surface area contributed by atoms with E-state index in [1.165, 1.54) is 14.2 Å². The maximum absolute atomic E-state index is 13.2. The van der Waals surface area contributed by atoms with Crippen LogP contribution in [0.25, 0.3) is 0 Å². The van der Waals surface area contributed by atoms with Crippen LogP contribution in [0.1, 0.15) is 18.5 Å². The van der Waals surface area contributed by atoms with Gasteiger partial charge in [-0.25, -0.2) is 4.79 Å². The lowest BCUT2D eigenvalue weighted by Gasteiger charge is -2.29. The molecule has 0 saturated heterocycles. The van der Waals surface area contributed by atoms with E-state index in [0.717, 1.165) is 0 Å². The zero-order valence-corrected chi connectivity index (χ0v) is 17.4. The van der Waals surface area contributed by atoms with Gasteiger partial charge in [0, 0.05) is 21.8 Å². The smallest absolute Gasteiger partial charge is 0.319 e. The minimum atomic E-state index is -0.752. The number of methoxy groups -OCH3 is 2. The van der Waals surface area contributed by atoms with Crippen molar-refractivity contribution in [2.75, 3.05) is 19.5 Å². The van der Waals surface area contributed by atoms with E-state index in [1.807, 2.05) is 0 Å². The van der Waals surface area contributed by atoms with E-state index in [2.05, 4.69) is 16.0 Å². The van der Waals surface area contributed by atoms with Crippen molar-refractivity contribution in [3.63, 3.8) is 0 Å². The number of carbonyl (C=O) groups excluding carboxylic acids is 2. The molecule has 3 rings (SSSR count). The number of carbonyl (C=O) groups is 2. The molecule has 7 nitrogen and oxygen atoms in total. The standard InChI is InChI=1S/C20H19Cl2N3O4/c1-10-17(19(26)24-15-7-5-12(28-2)9-16(15)29-3)18(25-20(27)23-10)13-6-4-11(21)8-14(13)22/h4-9,18H,1-3H3,(H,24,26)(H2,23,25,27). The van der Waals surface area contributed by atoms with Crippen molar-refractivity contribution >= 4 is 40.8 Å². The zero-order valence-electron chi connectivity index (χ0n) is 15.9. The number of urea groups is 1. The number of hydrogen-bond donors (Lipinski definition) is 3. The lowest BCUT2D eigenvalue weighted by molar-refractivity contribution is -0.113. The number of nitrogens with one attached hydrogen (secondary N) is 3. The first-order chi connectivity index (χ1) is 13.8. The van der Waals surface area contributed by atoms with Crippen LogP contribution in [0.2, 0.25) is 10.0 Å². The summed E-state index contributed by atoms with van der Waals surface area (Å²) < 4.78 is 10.5. The largest absolute Gasteiger partial charge is 0.497 e. The molecule has 3 amide bonds. The van der Waals surface area contributed by atoms with E-state index < -0.39 is 18.0 Å². The Morgan fingerprint density at radius 1 is 1.10 bits per heavy atom. The molecule has 0 saturated carbocycles. The number of hydrogen-bond acceptors (Lipinski definition) is 4. The number of allylic oxidation sites excluding steroid dienone is 1. The molecule has 1 aliphatic rings. The summed E-state index contributed by atoms with van der Waals surface area (Å²) in [6, 6.07) is 8.73. The van der Waals surface area contributed by atoms with Crippen LogP contribution in [0.15, 0.2) is 47.7 Å². The zero-order chi connectivity index (χ0) is 21.1. The average Bonchev–Trinajstić information content (AvgIpc) is 2.67. The van der Waals surface area contributed by atoms with E-state index in [9.17, 15) is 9.59 Å². The molecule has 2 aromatic rings. The van der Waals surface area contributed by atoms with Gasteiger partial charge in [-0.3, -0.25) is 4.79 Å². The number of rotatable bonds is 5. The average molecular weight is 436 g/mol. The summed E-state index contributed by atoms with van der Waals surface area (Å²) in [6.45, 7) is 1.65. The third kappa shape index (κ3) is 4.41. The van der Waals surface area contributed by atoms with Gasteiger partial charge in [0.05, 0.1) is 31.5 Å². The first kappa shape index (κ1) is 20.8. The molecule has 29 heavy (non-hydrogen) atoms. The molecule has 0 bridgehead atoms. The molecule has 9 heteroatoms. The monoisotopic (exact) mass is 435 g/mol. The van der Waals surface area contributed by atoms with E-state index in [1.54, 1.807) is 43.3 Å². The molecule has 3 N–H and O–H groups in total. The van der Waals surface area contributed by atoms with Crippen LogP contribution < -0.4 is 25.4 Å². The minimum absolute atomic E-state index is 0.312. The minimum Gasteiger partial charge on any atom is -0.497 e. The lowest BCUT2D eigenvalue weighted by atomic mass is 9.94. The van der Waals surface area contributed by atoms with Crippen molar-refractivity contribution < 1.29 is 19.1 Å². The van der Waals surface area contributed by atoms with Gasteiger partial charge >= 0.3 is 6.03 Å². The molecule has 0 aromatic heterocycles. The van der Waals surface area contributed by atoms with Crippen molar-refractivity contribution in [2.24, 2.45) is 0 Å². The summed E-state index contributed by atoms with van der Waals surface area (Å²) >= 11 is 12.3. The molecule has 2 aromatic carbocycles. The summed E-state index contributed by atoms with van der Waals surface area (Å²) in [5.74, 6) is 0.604. The normalized spacial score (nSPS) is 16.0. The van der Waals surface area contributed by atoms with Crippen molar-refractivity contribution in [3.05, 3.63) is 63.3 Å². The first-order valence-electron chi connectivity index (χ1n) is 8.60. The Hall–Kier alpha value is -2.90. The van der Waals surface area contributed by atoms with Gasteiger partial charge in [0.15, 0.2) is 0 Å². The van der Waals surface area contributed by atoms with Crippen molar-refractivity contribution in [1.29, 1.82) is 0 Å². The Bertz CT molecular complexity index is 1010. The maximum atomic E-state index is 13.2. The highest BCUT2D eigenvalue weighted by Gasteiger charge is 2.32. The van der Waals surface area contributed by atoms with Crippen molar-refractivity contribution in [3.8, 4) is 11.5 Å². The van der Waals surface area contributed by atoms with Gasteiger partial charge in [0.1, 0.15) is 11.5 Å². The van der Waals surface area contributed by atoms with Crippen LogP contribution in [-0.4, -0.2) is 26.2 Å². The summed E-state index contributed by atoms with van der Waals surface area (Å²) in [7, 11) is 3.03. The van der Waals surface area contributed by atoms with Gasteiger partial charge in [0.25, 0.3) is 5.91 Å². The van der Waals surface area contributed by atoms with Gasteiger partial charge in [-0.2, -0.15) is 0 Å². The molecule has 0 radical (unpaired) electrons. The highest BCUT2D eigenvalue weighted by Crippen LogP contribution is 2.35. The second-order valence-electron chi connectivity index (χ2n) is 6.26. The van der Waals surface area contributed by atoms with Crippen LogP contribution in [0.4, 0.5) is 10.5 Å². The first-order valence-corrected chi connectivity index (χ1v) is 9.36. The fraction of sp³-hybridized carbons (Fsp3) is 0.200. The number of halogens is 2. The Labute approximate surface area is 178 Å². The van der Waals surface area contributed by atoms with Crippen molar-refractivity contribution in [2.45, 2.75) is 13.0 Å². The van der Waals surface area contributed by atoms with Crippen LogP contribution in [0.5, 0.6) is 11.5 Å². The van der Waals surface area contributed by atoms with Crippen molar-refractivity contribution in [1.82, 2.24) is 10.6 Å². The topological polar surface area (TPSA) is 88.7 Å². The van der Waals surface area contributed by atoms with E-state index in [0.29, 0.717) is 44.1 Å². The Balaban J connectivity index is 1.98. The van der Waals surface area contributed by atoms with Gasteiger partial charge in [-0.05, 0) is 36.8 Å². The fourth-order valence-corrected chi connectivity index (χ4v) is 3.57.